The van der Waals surface area contributed by atoms with Crippen molar-refractivity contribution < 1.29 is 4.74 Å². The Balaban J connectivity index is 2.85. The summed E-state index contributed by atoms with van der Waals surface area (Å²) in [6, 6.07) is 8.26. The van der Waals surface area contributed by atoms with E-state index < -0.39 is 0 Å². The van der Waals surface area contributed by atoms with E-state index in [1.54, 1.807) is 0 Å². The van der Waals surface area contributed by atoms with Gasteiger partial charge in [-0.1, -0.05) is 41.9 Å². The first-order valence-electron chi connectivity index (χ1n) is 6.25. The molecule has 0 aliphatic rings. The number of rotatable bonds is 6. The average molecular weight is 300 g/mol. The molecule has 0 aliphatic heterocycles. The van der Waals surface area contributed by atoms with Crippen LogP contribution in [0.2, 0.25) is 0 Å². The summed E-state index contributed by atoms with van der Waals surface area (Å²) in [5.41, 5.74) is 7.31. The van der Waals surface area contributed by atoms with E-state index in [-0.39, 0.29) is 18.2 Å². The van der Waals surface area contributed by atoms with E-state index in [2.05, 4.69) is 48.8 Å². The molecule has 0 bridgehead atoms. The van der Waals surface area contributed by atoms with Crippen molar-refractivity contribution in [3.63, 3.8) is 0 Å². The molecule has 0 spiro atoms. The molecule has 96 valence electrons. The second-order valence-electron chi connectivity index (χ2n) is 4.40. The lowest BCUT2D eigenvalue weighted by molar-refractivity contribution is -0.0197. The fourth-order valence-electron chi connectivity index (χ4n) is 1.64. The van der Waals surface area contributed by atoms with E-state index in [1.807, 2.05) is 12.1 Å². The van der Waals surface area contributed by atoms with Gasteiger partial charge in [-0.2, -0.15) is 0 Å². The summed E-state index contributed by atoms with van der Waals surface area (Å²) in [4.78, 5) is 0. The standard InChI is InChI=1S/C14H22BrNO/c1-4-10(3)17-14(13(16)5-2)11-6-8-12(15)9-7-11/h6-10,13-14H,4-5,16H2,1-3H3. The van der Waals surface area contributed by atoms with Crippen LogP contribution in [0, 0.1) is 0 Å². The van der Waals surface area contributed by atoms with E-state index in [9.17, 15) is 0 Å². The Morgan fingerprint density at radius 3 is 2.24 bits per heavy atom. The Morgan fingerprint density at radius 2 is 1.76 bits per heavy atom. The van der Waals surface area contributed by atoms with Gasteiger partial charge in [-0.25, -0.2) is 0 Å². The van der Waals surface area contributed by atoms with Gasteiger partial charge in [0.1, 0.15) is 0 Å². The van der Waals surface area contributed by atoms with Gasteiger partial charge in [0.05, 0.1) is 12.2 Å². The van der Waals surface area contributed by atoms with Crippen molar-refractivity contribution in [2.24, 2.45) is 5.73 Å². The Labute approximate surface area is 113 Å². The number of halogens is 1. The SMILES string of the molecule is CCC(C)OC(c1ccc(Br)cc1)C(N)CC. The quantitative estimate of drug-likeness (QED) is 0.860. The molecule has 1 aromatic carbocycles. The van der Waals surface area contributed by atoms with Crippen molar-refractivity contribution in [1.29, 1.82) is 0 Å². The molecule has 2 N–H and O–H groups in total. The summed E-state index contributed by atoms with van der Waals surface area (Å²) < 4.78 is 7.12. The molecule has 3 heteroatoms. The molecule has 0 saturated carbocycles. The van der Waals surface area contributed by atoms with Crippen LogP contribution in [0.15, 0.2) is 28.7 Å². The minimum absolute atomic E-state index is 0.0111. The topological polar surface area (TPSA) is 35.2 Å². The van der Waals surface area contributed by atoms with Crippen LogP contribution in [0.1, 0.15) is 45.3 Å². The highest BCUT2D eigenvalue weighted by molar-refractivity contribution is 9.10. The second kappa shape index (κ2) is 7.14. The normalized spacial score (nSPS) is 16.5. The van der Waals surface area contributed by atoms with Gasteiger partial charge < -0.3 is 10.5 Å². The van der Waals surface area contributed by atoms with Crippen LogP contribution in [0.25, 0.3) is 0 Å². The van der Waals surface area contributed by atoms with Crippen molar-refractivity contribution in [2.75, 3.05) is 0 Å². The highest BCUT2D eigenvalue weighted by Crippen LogP contribution is 2.25. The highest BCUT2D eigenvalue weighted by Gasteiger charge is 2.21. The third kappa shape index (κ3) is 4.41. The van der Waals surface area contributed by atoms with Crippen LogP contribution in [0.3, 0.4) is 0 Å². The minimum Gasteiger partial charge on any atom is -0.369 e. The number of nitrogens with two attached hydrogens (primary N) is 1. The fraction of sp³-hybridized carbons (Fsp3) is 0.571. The van der Waals surface area contributed by atoms with Gasteiger partial charge in [-0.3, -0.25) is 0 Å². The maximum atomic E-state index is 6.15. The van der Waals surface area contributed by atoms with Gasteiger partial charge in [0.2, 0.25) is 0 Å². The molecule has 0 radical (unpaired) electrons. The van der Waals surface area contributed by atoms with Crippen molar-refractivity contribution >= 4 is 15.9 Å². The molecule has 0 aromatic heterocycles. The maximum absolute atomic E-state index is 6.15. The second-order valence-corrected chi connectivity index (χ2v) is 5.31. The van der Waals surface area contributed by atoms with Crippen molar-refractivity contribution in [1.82, 2.24) is 0 Å². The number of hydrogen-bond acceptors (Lipinski definition) is 2. The molecule has 0 saturated heterocycles. The highest BCUT2D eigenvalue weighted by atomic mass is 79.9. The largest absolute Gasteiger partial charge is 0.369 e. The first-order valence-corrected chi connectivity index (χ1v) is 7.04. The number of ether oxygens (including phenoxy) is 1. The molecule has 3 atom stereocenters. The summed E-state index contributed by atoms with van der Waals surface area (Å²) >= 11 is 3.44. The average Bonchev–Trinajstić information content (AvgIpc) is 2.36. The third-order valence-electron chi connectivity index (χ3n) is 3.01. The monoisotopic (exact) mass is 299 g/mol. The van der Waals surface area contributed by atoms with Crippen molar-refractivity contribution in [3.8, 4) is 0 Å². The Kier molecular flexibility index (Phi) is 6.17. The zero-order chi connectivity index (χ0) is 12.8. The predicted molar refractivity (Wildman–Crippen MR) is 76.0 cm³/mol. The molecule has 0 amide bonds. The summed E-state index contributed by atoms with van der Waals surface area (Å²) in [5, 5.41) is 0. The van der Waals surface area contributed by atoms with Crippen molar-refractivity contribution in [2.45, 2.75) is 51.9 Å². The van der Waals surface area contributed by atoms with Crippen LogP contribution in [-0.2, 0) is 4.74 Å². The zero-order valence-electron chi connectivity index (χ0n) is 10.8. The Hall–Kier alpha value is -0.380. The molecule has 1 rings (SSSR count). The van der Waals surface area contributed by atoms with Gasteiger partial charge in [0.15, 0.2) is 0 Å². The minimum atomic E-state index is -0.0111. The third-order valence-corrected chi connectivity index (χ3v) is 3.54. The number of hydrogen-bond donors (Lipinski definition) is 1. The van der Waals surface area contributed by atoms with Crippen molar-refractivity contribution in [3.05, 3.63) is 34.3 Å². The molecular weight excluding hydrogens is 278 g/mol. The lowest BCUT2D eigenvalue weighted by Crippen LogP contribution is -2.31. The van der Waals surface area contributed by atoms with Gasteiger partial charge in [-0.05, 0) is 37.5 Å². The van der Waals surface area contributed by atoms with E-state index in [1.165, 1.54) is 0 Å². The smallest absolute Gasteiger partial charge is 0.0979 e. The lowest BCUT2D eigenvalue weighted by atomic mass is 10.0. The van der Waals surface area contributed by atoms with Gasteiger partial charge >= 0.3 is 0 Å². The van der Waals surface area contributed by atoms with E-state index >= 15 is 0 Å². The zero-order valence-corrected chi connectivity index (χ0v) is 12.4. The van der Waals surface area contributed by atoms with Crippen LogP contribution < -0.4 is 5.73 Å². The summed E-state index contributed by atoms with van der Waals surface area (Å²) in [5.74, 6) is 0. The molecule has 2 nitrogen and oxygen atoms in total. The molecule has 0 heterocycles. The summed E-state index contributed by atoms with van der Waals surface area (Å²) in [6.45, 7) is 6.31. The van der Waals surface area contributed by atoms with E-state index in [0.717, 1.165) is 22.9 Å². The van der Waals surface area contributed by atoms with Crippen LogP contribution >= 0.6 is 15.9 Å². The van der Waals surface area contributed by atoms with E-state index in [4.69, 9.17) is 10.5 Å². The lowest BCUT2D eigenvalue weighted by Gasteiger charge is -2.27. The maximum Gasteiger partial charge on any atom is 0.0979 e. The molecule has 17 heavy (non-hydrogen) atoms. The first-order chi connectivity index (χ1) is 8.08. The van der Waals surface area contributed by atoms with Gasteiger partial charge in [-0.15, -0.1) is 0 Å². The first kappa shape index (κ1) is 14.7. The molecule has 0 fully saturated rings. The van der Waals surface area contributed by atoms with Crippen LogP contribution in [0.4, 0.5) is 0 Å². The van der Waals surface area contributed by atoms with Gasteiger partial charge in [0, 0.05) is 10.5 Å². The molecule has 1 aromatic rings. The summed E-state index contributed by atoms with van der Waals surface area (Å²) in [6.07, 6.45) is 2.14. The Bertz CT molecular complexity index is 325. The summed E-state index contributed by atoms with van der Waals surface area (Å²) in [7, 11) is 0. The molecule has 0 aliphatic carbocycles. The molecule has 3 unspecified atom stereocenters. The number of benzene rings is 1. The predicted octanol–water partition coefficient (Wildman–Crippen LogP) is 4.04. The Morgan fingerprint density at radius 1 is 1.18 bits per heavy atom. The van der Waals surface area contributed by atoms with Crippen LogP contribution in [0.5, 0.6) is 0 Å². The fourth-order valence-corrected chi connectivity index (χ4v) is 1.90. The van der Waals surface area contributed by atoms with Gasteiger partial charge in [0.25, 0.3) is 0 Å². The molecular formula is C14H22BrNO. The van der Waals surface area contributed by atoms with E-state index in [0.29, 0.717) is 0 Å². The van der Waals surface area contributed by atoms with Crippen LogP contribution in [-0.4, -0.2) is 12.1 Å².